The zero-order chi connectivity index (χ0) is 21.6. The van der Waals surface area contributed by atoms with E-state index in [-0.39, 0.29) is 22.0 Å². The van der Waals surface area contributed by atoms with Gasteiger partial charge in [-0.2, -0.15) is 0 Å². The maximum atomic E-state index is 11.9. The number of amides is 1. The molecule has 154 valence electrons. The number of hydrogen-bond acceptors (Lipinski definition) is 7. The van der Waals surface area contributed by atoms with E-state index in [0.29, 0.717) is 6.42 Å². The largest absolute Gasteiger partial charge is 0.452 e. The number of carbonyl (C=O) groups is 2. The minimum atomic E-state index is -3.76. The first-order valence-corrected chi connectivity index (χ1v) is 10.00. The van der Waals surface area contributed by atoms with E-state index in [9.17, 15) is 28.1 Å². The first-order chi connectivity index (χ1) is 13.6. The molecule has 0 unspecified atom stereocenters. The van der Waals surface area contributed by atoms with Crippen LogP contribution in [-0.2, 0) is 26.0 Å². The molecule has 0 atom stereocenters. The highest BCUT2D eigenvalue weighted by atomic mass is 35.5. The lowest BCUT2D eigenvalue weighted by Gasteiger charge is -2.07. The fourth-order valence-corrected chi connectivity index (χ4v) is 2.94. The second kappa shape index (κ2) is 9.45. The number of rotatable bonds is 8. The molecule has 0 saturated heterocycles. The molecule has 0 aromatic heterocycles. The summed E-state index contributed by atoms with van der Waals surface area (Å²) in [5, 5.41) is 18.3. The van der Waals surface area contributed by atoms with Gasteiger partial charge < -0.3 is 10.1 Å². The molecule has 0 saturated carbocycles. The summed E-state index contributed by atoms with van der Waals surface area (Å²) in [6.45, 7) is -0.350. The summed E-state index contributed by atoms with van der Waals surface area (Å²) in [5.41, 5.74) is 0.214. The second-order valence-corrected chi connectivity index (χ2v) is 7.76. The van der Waals surface area contributed by atoms with Crippen LogP contribution in [0.25, 0.3) is 0 Å². The number of nitrogens with two attached hydrogens (primary N) is 1. The van der Waals surface area contributed by atoms with Gasteiger partial charge in [-0.1, -0.05) is 23.7 Å². The van der Waals surface area contributed by atoms with Gasteiger partial charge >= 0.3 is 5.97 Å². The maximum Gasteiger partial charge on any atom is 0.338 e. The number of benzene rings is 2. The van der Waals surface area contributed by atoms with Crippen molar-refractivity contribution in [2.24, 2.45) is 5.14 Å². The summed E-state index contributed by atoms with van der Waals surface area (Å²) < 4.78 is 27.2. The summed E-state index contributed by atoms with van der Waals surface area (Å²) in [7, 11) is -3.76. The van der Waals surface area contributed by atoms with Gasteiger partial charge in [0.25, 0.3) is 11.6 Å². The molecule has 0 spiro atoms. The Kier molecular flexibility index (Phi) is 7.26. The van der Waals surface area contributed by atoms with Crippen LogP contribution in [0.15, 0.2) is 47.4 Å². The number of halogens is 1. The average molecular weight is 442 g/mol. The van der Waals surface area contributed by atoms with Crippen LogP contribution in [0.5, 0.6) is 0 Å². The average Bonchev–Trinajstić information content (AvgIpc) is 2.66. The van der Waals surface area contributed by atoms with Gasteiger partial charge in [-0.05, 0) is 36.2 Å². The van der Waals surface area contributed by atoms with E-state index in [2.05, 4.69) is 5.32 Å². The Morgan fingerprint density at radius 1 is 1.17 bits per heavy atom. The van der Waals surface area contributed by atoms with Gasteiger partial charge in [0.15, 0.2) is 6.61 Å². The Labute approximate surface area is 170 Å². The van der Waals surface area contributed by atoms with Crippen molar-refractivity contribution in [2.45, 2.75) is 11.3 Å². The molecule has 12 heteroatoms. The SMILES string of the molecule is NS(=O)(=O)c1ccc(CCNC(=O)COC(=O)c2ccc(Cl)c([N+](=O)[O-])c2)cc1. The topological polar surface area (TPSA) is 159 Å². The van der Waals surface area contributed by atoms with E-state index in [1.54, 1.807) is 12.1 Å². The maximum absolute atomic E-state index is 11.9. The number of carbonyl (C=O) groups excluding carboxylic acids is 2. The third-order valence-electron chi connectivity index (χ3n) is 3.70. The van der Waals surface area contributed by atoms with Crippen LogP contribution in [0, 0.1) is 10.1 Å². The van der Waals surface area contributed by atoms with Crippen LogP contribution in [0.1, 0.15) is 15.9 Å². The smallest absolute Gasteiger partial charge is 0.338 e. The Morgan fingerprint density at radius 2 is 1.83 bits per heavy atom. The molecule has 0 bridgehead atoms. The Hall–Kier alpha value is -3.02. The van der Waals surface area contributed by atoms with Crippen molar-refractivity contribution in [2.75, 3.05) is 13.2 Å². The molecule has 0 aliphatic carbocycles. The molecule has 0 aliphatic rings. The highest BCUT2D eigenvalue weighted by Gasteiger charge is 2.18. The van der Waals surface area contributed by atoms with Crippen molar-refractivity contribution in [3.8, 4) is 0 Å². The molecule has 2 aromatic carbocycles. The molecule has 2 aromatic rings. The van der Waals surface area contributed by atoms with Gasteiger partial charge in [-0.3, -0.25) is 14.9 Å². The van der Waals surface area contributed by atoms with Gasteiger partial charge in [0.05, 0.1) is 15.4 Å². The van der Waals surface area contributed by atoms with E-state index in [1.807, 2.05) is 0 Å². The molecule has 29 heavy (non-hydrogen) atoms. The van der Waals surface area contributed by atoms with Gasteiger partial charge in [-0.25, -0.2) is 18.4 Å². The fourth-order valence-electron chi connectivity index (χ4n) is 2.24. The first-order valence-electron chi connectivity index (χ1n) is 8.07. The standard InChI is InChI=1S/C17H16ClN3O7S/c18-14-6-3-12(9-15(14)21(24)25)17(23)28-10-16(22)20-8-7-11-1-4-13(5-2-11)29(19,26)27/h1-6,9H,7-8,10H2,(H,20,22)(H2,19,26,27). The fraction of sp³-hybridized carbons (Fsp3) is 0.176. The summed E-state index contributed by atoms with van der Waals surface area (Å²) in [4.78, 5) is 33.8. The lowest BCUT2D eigenvalue weighted by Crippen LogP contribution is -2.30. The van der Waals surface area contributed by atoms with E-state index < -0.39 is 39.1 Å². The number of nitro groups is 1. The highest BCUT2D eigenvalue weighted by molar-refractivity contribution is 7.89. The zero-order valence-electron chi connectivity index (χ0n) is 14.8. The molecule has 0 aliphatic heterocycles. The van der Waals surface area contributed by atoms with E-state index >= 15 is 0 Å². The van der Waals surface area contributed by atoms with Gasteiger partial charge in [0, 0.05) is 12.6 Å². The lowest BCUT2D eigenvalue weighted by molar-refractivity contribution is -0.384. The second-order valence-electron chi connectivity index (χ2n) is 5.79. The number of ether oxygens (including phenoxy) is 1. The molecule has 0 fully saturated rings. The van der Waals surface area contributed by atoms with Crippen LogP contribution < -0.4 is 10.5 Å². The van der Waals surface area contributed by atoms with Crippen LogP contribution >= 0.6 is 11.6 Å². The highest BCUT2D eigenvalue weighted by Crippen LogP contribution is 2.25. The van der Waals surface area contributed by atoms with Gasteiger partial charge in [0.1, 0.15) is 5.02 Å². The predicted octanol–water partition coefficient (Wildman–Crippen LogP) is 1.41. The van der Waals surface area contributed by atoms with Crippen molar-refractivity contribution in [1.29, 1.82) is 0 Å². The van der Waals surface area contributed by atoms with Crippen molar-refractivity contribution in [3.05, 3.63) is 68.7 Å². The van der Waals surface area contributed by atoms with Crippen molar-refractivity contribution < 1.29 is 27.7 Å². The third kappa shape index (κ3) is 6.52. The normalized spacial score (nSPS) is 11.0. The monoisotopic (exact) mass is 441 g/mol. The first kappa shape index (κ1) is 22.3. The zero-order valence-corrected chi connectivity index (χ0v) is 16.4. The molecule has 0 radical (unpaired) electrons. The van der Waals surface area contributed by atoms with E-state index in [4.69, 9.17) is 21.5 Å². The number of nitrogens with one attached hydrogen (secondary N) is 1. The minimum Gasteiger partial charge on any atom is -0.452 e. The summed E-state index contributed by atoms with van der Waals surface area (Å²) in [6, 6.07) is 9.27. The van der Waals surface area contributed by atoms with E-state index in [1.165, 1.54) is 24.3 Å². The van der Waals surface area contributed by atoms with Gasteiger partial charge in [0.2, 0.25) is 10.0 Å². The lowest BCUT2D eigenvalue weighted by atomic mass is 10.1. The third-order valence-corrected chi connectivity index (χ3v) is 4.95. The quantitative estimate of drug-likeness (QED) is 0.356. The van der Waals surface area contributed by atoms with Crippen LogP contribution in [0.3, 0.4) is 0 Å². The summed E-state index contributed by atoms with van der Waals surface area (Å²) in [6.07, 6.45) is 0.411. The number of hydrogen-bond donors (Lipinski definition) is 2. The van der Waals surface area contributed by atoms with Crippen molar-refractivity contribution in [1.82, 2.24) is 5.32 Å². The molecule has 10 nitrogen and oxygen atoms in total. The van der Waals surface area contributed by atoms with Crippen molar-refractivity contribution in [3.63, 3.8) is 0 Å². The van der Waals surface area contributed by atoms with Crippen LogP contribution in [0.2, 0.25) is 5.02 Å². The van der Waals surface area contributed by atoms with Crippen LogP contribution in [0.4, 0.5) is 5.69 Å². The number of nitro benzene ring substituents is 1. The van der Waals surface area contributed by atoms with Crippen molar-refractivity contribution >= 4 is 39.2 Å². The number of nitrogens with zero attached hydrogens (tertiary/aromatic N) is 1. The number of primary sulfonamides is 1. The summed E-state index contributed by atoms with van der Waals surface area (Å²) >= 11 is 5.67. The molecule has 1 amide bonds. The van der Waals surface area contributed by atoms with E-state index in [0.717, 1.165) is 11.6 Å². The number of esters is 1. The van der Waals surface area contributed by atoms with Gasteiger partial charge in [-0.15, -0.1) is 0 Å². The molecular weight excluding hydrogens is 426 g/mol. The predicted molar refractivity (Wildman–Crippen MR) is 103 cm³/mol. The Bertz CT molecular complexity index is 1040. The molecular formula is C17H16ClN3O7S. The number of sulfonamides is 1. The minimum absolute atomic E-state index is 0.0142. The molecule has 2 rings (SSSR count). The summed E-state index contributed by atoms with van der Waals surface area (Å²) in [5.74, 6) is -1.47. The molecule has 0 heterocycles. The van der Waals surface area contributed by atoms with Crippen LogP contribution in [-0.4, -0.2) is 38.4 Å². The Balaban J connectivity index is 1.80. The molecule has 3 N–H and O–H groups in total. The Morgan fingerprint density at radius 3 is 2.41 bits per heavy atom.